The average molecular weight is 398 g/mol. The molecule has 2 amide bonds. The van der Waals surface area contributed by atoms with Gasteiger partial charge in [-0.05, 0) is 62.4 Å². The molecule has 26 heavy (non-hydrogen) atoms. The second kappa shape index (κ2) is 8.15. The van der Waals surface area contributed by atoms with Gasteiger partial charge >= 0.3 is 0 Å². The highest BCUT2D eigenvalue weighted by molar-refractivity contribution is 6.35. The minimum absolute atomic E-state index is 0.0660. The predicted molar refractivity (Wildman–Crippen MR) is 104 cm³/mol. The van der Waals surface area contributed by atoms with E-state index in [0.717, 1.165) is 32.4 Å². The third-order valence-corrected chi connectivity index (χ3v) is 5.86. The van der Waals surface area contributed by atoms with Gasteiger partial charge in [-0.15, -0.1) is 0 Å². The van der Waals surface area contributed by atoms with Crippen molar-refractivity contribution in [1.29, 1.82) is 0 Å². The van der Waals surface area contributed by atoms with Crippen molar-refractivity contribution < 1.29 is 9.59 Å². The Hall–Kier alpha value is -1.30. The number of carbonyl (C=O) groups is 2. The molecule has 7 heteroatoms. The van der Waals surface area contributed by atoms with Crippen molar-refractivity contribution in [1.82, 2.24) is 15.5 Å². The van der Waals surface area contributed by atoms with Gasteiger partial charge in [0, 0.05) is 28.7 Å². The third-order valence-electron chi connectivity index (χ3n) is 5.43. The highest BCUT2D eigenvalue weighted by Crippen LogP contribution is 2.28. The van der Waals surface area contributed by atoms with E-state index in [4.69, 9.17) is 23.2 Å². The zero-order valence-corrected chi connectivity index (χ0v) is 16.5. The Morgan fingerprint density at radius 1 is 1.23 bits per heavy atom. The maximum Gasteiger partial charge on any atom is 0.254 e. The lowest BCUT2D eigenvalue weighted by Crippen LogP contribution is -2.49. The maximum atomic E-state index is 12.9. The molecule has 2 aliphatic heterocycles. The highest BCUT2D eigenvalue weighted by atomic mass is 35.5. The summed E-state index contributed by atoms with van der Waals surface area (Å²) in [5, 5.41) is 7.26. The summed E-state index contributed by atoms with van der Waals surface area (Å²) in [6.45, 7) is 5.39. The fourth-order valence-corrected chi connectivity index (χ4v) is 4.28. The first kappa shape index (κ1) is 19.5. The molecule has 0 radical (unpaired) electrons. The topological polar surface area (TPSA) is 61.4 Å². The quantitative estimate of drug-likeness (QED) is 0.820. The van der Waals surface area contributed by atoms with Crippen LogP contribution in [0.1, 0.15) is 43.0 Å². The van der Waals surface area contributed by atoms with Gasteiger partial charge in [-0.25, -0.2) is 0 Å². The Morgan fingerprint density at radius 3 is 2.54 bits per heavy atom. The summed E-state index contributed by atoms with van der Waals surface area (Å²) in [4.78, 5) is 27.2. The Labute approximate surface area is 164 Å². The number of nitrogens with one attached hydrogen (secondary N) is 2. The summed E-state index contributed by atoms with van der Waals surface area (Å²) in [5.41, 5.74) is 0.544. The summed E-state index contributed by atoms with van der Waals surface area (Å²) in [5.74, 6) is -0.260. The smallest absolute Gasteiger partial charge is 0.254 e. The largest absolute Gasteiger partial charge is 0.354 e. The molecule has 1 aromatic carbocycles. The number of hydrogen-bond acceptors (Lipinski definition) is 3. The van der Waals surface area contributed by atoms with Gasteiger partial charge in [0.25, 0.3) is 5.91 Å². The van der Waals surface area contributed by atoms with Gasteiger partial charge in [-0.1, -0.05) is 30.1 Å². The molecule has 5 nitrogen and oxygen atoms in total. The van der Waals surface area contributed by atoms with Crippen LogP contribution in [-0.4, -0.2) is 48.9 Å². The monoisotopic (exact) mass is 397 g/mol. The molecule has 1 unspecified atom stereocenters. The van der Waals surface area contributed by atoms with E-state index in [1.165, 1.54) is 0 Å². The second-order valence-corrected chi connectivity index (χ2v) is 8.47. The lowest BCUT2D eigenvalue weighted by Gasteiger charge is -2.35. The summed E-state index contributed by atoms with van der Waals surface area (Å²) in [6, 6.07) is 4.36. The van der Waals surface area contributed by atoms with E-state index < -0.39 is 6.04 Å². The zero-order chi connectivity index (χ0) is 18.7. The van der Waals surface area contributed by atoms with Gasteiger partial charge in [0.05, 0.1) is 0 Å². The fourth-order valence-electron chi connectivity index (χ4n) is 3.75. The minimum Gasteiger partial charge on any atom is -0.354 e. The van der Waals surface area contributed by atoms with Gasteiger partial charge in [-0.3, -0.25) is 9.59 Å². The molecule has 0 saturated carbocycles. The molecule has 2 heterocycles. The zero-order valence-electron chi connectivity index (χ0n) is 15.0. The van der Waals surface area contributed by atoms with Crippen LogP contribution in [0.5, 0.6) is 0 Å². The third kappa shape index (κ3) is 4.51. The molecule has 2 fully saturated rings. The molecule has 2 aliphatic rings. The van der Waals surface area contributed by atoms with Crippen LogP contribution in [0.25, 0.3) is 0 Å². The molecule has 2 saturated heterocycles. The molecule has 0 aromatic heterocycles. The first-order chi connectivity index (χ1) is 12.4. The molecular weight excluding hydrogens is 373 g/mol. The summed E-state index contributed by atoms with van der Waals surface area (Å²) in [6.07, 6.45) is 3.59. The second-order valence-electron chi connectivity index (χ2n) is 7.59. The van der Waals surface area contributed by atoms with Gasteiger partial charge in [0.15, 0.2) is 0 Å². The van der Waals surface area contributed by atoms with Crippen molar-refractivity contribution in [3.63, 3.8) is 0 Å². The average Bonchev–Trinajstić information content (AvgIpc) is 3.08. The number of nitrogens with zero attached hydrogens (tertiary/aromatic N) is 1. The highest BCUT2D eigenvalue weighted by Gasteiger charge is 2.36. The van der Waals surface area contributed by atoms with Gasteiger partial charge in [-0.2, -0.15) is 0 Å². The van der Waals surface area contributed by atoms with E-state index in [-0.39, 0.29) is 17.2 Å². The van der Waals surface area contributed by atoms with Gasteiger partial charge in [0.1, 0.15) is 6.04 Å². The van der Waals surface area contributed by atoms with E-state index in [1.54, 1.807) is 23.1 Å². The molecule has 2 N–H and O–H groups in total. The Morgan fingerprint density at radius 2 is 1.88 bits per heavy atom. The molecule has 0 bridgehead atoms. The van der Waals surface area contributed by atoms with E-state index in [2.05, 4.69) is 17.6 Å². The number of benzene rings is 1. The van der Waals surface area contributed by atoms with E-state index in [0.29, 0.717) is 35.1 Å². The molecular formula is C19H25Cl2N3O2. The van der Waals surface area contributed by atoms with E-state index in [1.807, 2.05) is 0 Å². The number of amides is 2. The molecule has 0 aliphatic carbocycles. The van der Waals surface area contributed by atoms with Crippen molar-refractivity contribution in [2.75, 3.05) is 26.2 Å². The molecule has 0 spiro atoms. The van der Waals surface area contributed by atoms with Crippen molar-refractivity contribution >= 4 is 35.0 Å². The normalized spacial score (nSPS) is 22.3. The molecule has 3 rings (SSSR count). The van der Waals surface area contributed by atoms with Crippen LogP contribution >= 0.6 is 23.2 Å². The SMILES string of the molecule is CC1(CNC(=O)C2CCCN2C(=O)c2cc(Cl)cc(Cl)c2)CCNCC1. The van der Waals surface area contributed by atoms with Crippen molar-refractivity contribution in [3.8, 4) is 0 Å². The van der Waals surface area contributed by atoms with E-state index >= 15 is 0 Å². The number of rotatable bonds is 4. The van der Waals surface area contributed by atoms with Crippen LogP contribution in [-0.2, 0) is 4.79 Å². The Balaban J connectivity index is 1.65. The van der Waals surface area contributed by atoms with Crippen LogP contribution in [0.4, 0.5) is 0 Å². The van der Waals surface area contributed by atoms with Gasteiger partial charge in [0.2, 0.25) is 5.91 Å². The summed E-state index contributed by atoms with van der Waals surface area (Å²) < 4.78 is 0. The van der Waals surface area contributed by atoms with Crippen molar-refractivity contribution in [2.24, 2.45) is 5.41 Å². The fraction of sp³-hybridized carbons (Fsp3) is 0.579. The lowest BCUT2D eigenvalue weighted by atomic mass is 9.81. The van der Waals surface area contributed by atoms with Gasteiger partial charge < -0.3 is 15.5 Å². The Bertz CT molecular complexity index is 669. The summed E-state index contributed by atoms with van der Waals surface area (Å²) >= 11 is 12.0. The number of piperidine rings is 1. The standard InChI is InChI=1S/C19H25Cl2N3O2/c1-19(4-6-22-7-5-19)12-23-17(25)16-3-2-8-24(16)18(26)13-9-14(20)11-15(21)10-13/h9-11,16,22H,2-8,12H2,1H3,(H,23,25). The first-order valence-corrected chi connectivity index (χ1v) is 9.89. The molecule has 1 atom stereocenters. The minimum atomic E-state index is -0.425. The van der Waals surface area contributed by atoms with Crippen LogP contribution in [0.3, 0.4) is 0 Å². The van der Waals surface area contributed by atoms with Crippen LogP contribution < -0.4 is 10.6 Å². The number of halogens is 2. The Kier molecular flexibility index (Phi) is 6.10. The van der Waals surface area contributed by atoms with Crippen LogP contribution in [0.2, 0.25) is 10.0 Å². The molecule has 1 aromatic rings. The van der Waals surface area contributed by atoms with Crippen LogP contribution in [0.15, 0.2) is 18.2 Å². The molecule has 142 valence electrons. The predicted octanol–water partition coefficient (Wildman–Crippen LogP) is 3.10. The lowest BCUT2D eigenvalue weighted by molar-refractivity contribution is -0.125. The summed E-state index contributed by atoms with van der Waals surface area (Å²) in [7, 11) is 0. The van der Waals surface area contributed by atoms with E-state index in [9.17, 15) is 9.59 Å². The number of likely N-dealkylation sites (tertiary alicyclic amines) is 1. The number of carbonyl (C=O) groups excluding carboxylic acids is 2. The van der Waals surface area contributed by atoms with Crippen molar-refractivity contribution in [3.05, 3.63) is 33.8 Å². The number of hydrogen-bond donors (Lipinski definition) is 2. The maximum absolute atomic E-state index is 12.9. The van der Waals surface area contributed by atoms with Crippen LogP contribution in [0, 0.1) is 5.41 Å². The van der Waals surface area contributed by atoms with Crippen molar-refractivity contribution in [2.45, 2.75) is 38.6 Å². The first-order valence-electron chi connectivity index (χ1n) is 9.13.